The largest absolute Gasteiger partial charge is 0.394 e. The highest BCUT2D eigenvalue weighted by molar-refractivity contribution is 7.90. The Morgan fingerprint density at radius 1 is 0.764 bits per heavy atom. The number of anilines is 2. The van der Waals surface area contributed by atoms with Gasteiger partial charge in [-0.1, -0.05) is 55.8 Å². The lowest BCUT2D eigenvalue weighted by atomic mass is 9.78. The summed E-state index contributed by atoms with van der Waals surface area (Å²) >= 11 is 12.2. The molecule has 2 saturated carbocycles. The molecule has 2 aliphatic carbocycles. The van der Waals surface area contributed by atoms with Crippen molar-refractivity contribution in [1.29, 1.82) is 0 Å². The third-order valence-electron chi connectivity index (χ3n) is 12.6. The van der Waals surface area contributed by atoms with Crippen LogP contribution in [-0.4, -0.2) is 127 Å². The lowest BCUT2D eigenvalue weighted by molar-refractivity contribution is -0.0517. The number of fused-ring (bicyclic) bond motifs is 2. The van der Waals surface area contributed by atoms with E-state index in [9.17, 15) is 42.7 Å². The molecule has 0 amide bonds. The Morgan fingerprint density at radius 3 is 1.79 bits per heavy atom. The number of nitrogens with zero attached hydrogens (tertiary/aromatic N) is 7. The van der Waals surface area contributed by atoms with Gasteiger partial charge in [-0.05, 0) is 82.6 Å². The Hall–Kier alpha value is -5.49. The molecule has 0 saturated heterocycles. The highest BCUT2D eigenvalue weighted by Gasteiger charge is 2.38. The van der Waals surface area contributed by atoms with E-state index >= 15 is 0 Å². The average molecular weight is 1060 g/mol. The van der Waals surface area contributed by atoms with E-state index in [1.165, 1.54) is 30.7 Å². The van der Waals surface area contributed by atoms with Gasteiger partial charge in [0.2, 0.25) is 0 Å². The van der Waals surface area contributed by atoms with Crippen LogP contribution in [0.4, 0.5) is 20.4 Å². The zero-order valence-corrected chi connectivity index (χ0v) is 40.1. The van der Waals surface area contributed by atoms with E-state index in [4.69, 9.17) is 28.3 Å². The predicted molar refractivity (Wildman–Crippen MR) is 272 cm³/mol. The molecule has 0 spiro atoms. The number of pyridine rings is 2. The van der Waals surface area contributed by atoms with Gasteiger partial charge in [-0.15, -0.1) is 0 Å². The standard InChI is InChI=1S/C27H29ClFN5O5S.C20H23ClFN5O3.2CH4/c1-16-4-6-20(7-5-16)40(38,39)34-14-22(21-9-17(28)12-31-26(21)34)24-30-13-23(29)25(33-24)32-18-3-2-8-27(37,10-18)11-19(36)15-35;21-11-4-14-15(8-24-17(14)23-7-11)18-25-9-16(22)19(27-18)26-12-2-1-3-20(30,5-12)6-13(29)10-28;;/h4-7,9,12-14,18-19,35-37H,2-3,8,10-11,15H2,1H3,(H,30,32,33);4,7-9,12-13,28-30H,1-3,5-6,10H2,(H,23,24)(H,25,26,27);2*1H4/t18?,19?,27-;12?,13?,20-;;/m11../s1. The van der Waals surface area contributed by atoms with Crippen LogP contribution in [0.5, 0.6) is 0 Å². The number of aromatic nitrogens is 8. The molecular weight excluding hydrogens is 998 g/mol. The van der Waals surface area contributed by atoms with Crippen molar-refractivity contribution in [3.05, 3.63) is 101 Å². The van der Waals surface area contributed by atoms with Crippen LogP contribution in [0, 0.1) is 18.6 Å². The molecule has 2 fully saturated rings. The second kappa shape index (κ2) is 23.2. The van der Waals surface area contributed by atoms with Crippen LogP contribution >= 0.6 is 23.2 Å². The third kappa shape index (κ3) is 12.6. The summed E-state index contributed by atoms with van der Waals surface area (Å²) in [6.45, 7) is 0.983. The van der Waals surface area contributed by atoms with Gasteiger partial charge in [0.05, 0.1) is 64.0 Å². The highest BCUT2D eigenvalue weighted by atomic mass is 35.5. The van der Waals surface area contributed by atoms with Crippen molar-refractivity contribution in [3.63, 3.8) is 0 Å². The molecule has 9 N–H and O–H groups in total. The molecule has 0 aliphatic heterocycles. The second-order valence-corrected chi connectivity index (χ2v) is 20.8. The normalized spacial score (nSPS) is 20.9. The first-order chi connectivity index (χ1) is 33.4. The van der Waals surface area contributed by atoms with E-state index in [2.05, 4.69) is 45.5 Å². The lowest BCUT2D eigenvalue weighted by Gasteiger charge is -2.38. The quantitative estimate of drug-likeness (QED) is 0.0508. The Kier molecular flexibility index (Phi) is 17.9. The van der Waals surface area contributed by atoms with Crippen molar-refractivity contribution >= 4 is 66.9 Å². The second-order valence-electron chi connectivity index (χ2n) is 18.1. The van der Waals surface area contributed by atoms with Crippen LogP contribution in [0.25, 0.3) is 44.8 Å². The van der Waals surface area contributed by atoms with Gasteiger partial charge in [-0.25, -0.2) is 51.1 Å². The minimum Gasteiger partial charge on any atom is -0.394 e. The zero-order valence-electron chi connectivity index (χ0n) is 37.8. The monoisotopic (exact) mass is 1060 g/mol. The van der Waals surface area contributed by atoms with Crippen molar-refractivity contribution in [1.82, 2.24) is 38.9 Å². The molecule has 6 heterocycles. The van der Waals surface area contributed by atoms with Gasteiger partial charge in [-0.3, -0.25) is 0 Å². The summed E-state index contributed by atoms with van der Waals surface area (Å²) in [6.07, 6.45) is 10.2. The predicted octanol–water partition coefficient (Wildman–Crippen LogP) is 7.57. The summed E-state index contributed by atoms with van der Waals surface area (Å²) in [5, 5.41) is 67.5. The number of aromatic amines is 1. The number of hydrogen-bond acceptors (Lipinski definition) is 16. The number of nitrogens with one attached hydrogen (secondary N) is 3. The SMILES string of the molecule is C.C.Cc1ccc(S(=O)(=O)n2cc(-c3ncc(F)c(NC4CCC[C@](O)(CC(O)CO)C4)n3)c3cc(Cl)cnc32)cc1.OCC(O)C[C@@]1(O)CCCC(Nc2nc(-c3c[nH]c4ncc(Cl)cc34)ncc2F)C1. The molecule has 7 aromatic rings. The van der Waals surface area contributed by atoms with E-state index in [0.29, 0.717) is 66.0 Å². The van der Waals surface area contributed by atoms with E-state index in [1.54, 1.807) is 30.5 Å². The number of halogens is 4. The molecule has 9 rings (SSSR count). The van der Waals surface area contributed by atoms with Crippen molar-refractivity contribution in [2.24, 2.45) is 0 Å². The number of aliphatic hydroxyl groups excluding tert-OH is 4. The summed E-state index contributed by atoms with van der Waals surface area (Å²) in [6, 6.07) is 9.11. The molecule has 0 radical (unpaired) electrons. The average Bonchev–Trinajstić information content (AvgIpc) is 3.92. The van der Waals surface area contributed by atoms with E-state index in [0.717, 1.165) is 33.7 Å². The third-order valence-corrected chi connectivity index (χ3v) is 14.7. The number of aliphatic hydroxyl groups is 6. The Labute approximate surface area is 425 Å². The fourth-order valence-corrected chi connectivity index (χ4v) is 10.9. The van der Waals surface area contributed by atoms with Crippen molar-refractivity contribution < 1.29 is 47.8 Å². The van der Waals surface area contributed by atoms with Gasteiger partial charge < -0.3 is 46.3 Å². The van der Waals surface area contributed by atoms with Gasteiger partial charge in [0.25, 0.3) is 10.0 Å². The van der Waals surface area contributed by atoms with Gasteiger partial charge in [0, 0.05) is 71.6 Å². The lowest BCUT2D eigenvalue weighted by Crippen LogP contribution is -2.43. The molecule has 6 atom stereocenters. The maximum atomic E-state index is 14.9. The Balaban J connectivity index is 0.000000238. The smallest absolute Gasteiger partial charge is 0.269 e. The van der Waals surface area contributed by atoms with Crippen molar-refractivity contribution in [2.45, 2.75) is 126 Å². The fraction of sp³-hybridized carbons (Fsp3) is 0.429. The number of hydrogen-bond donors (Lipinski definition) is 9. The summed E-state index contributed by atoms with van der Waals surface area (Å²) in [4.78, 5) is 28.5. The van der Waals surface area contributed by atoms with Crippen LogP contribution in [0.2, 0.25) is 10.0 Å². The minimum absolute atomic E-state index is 0. The van der Waals surface area contributed by atoms with Gasteiger partial charge >= 0.3 is 0 Å². The highest BCUT2D eigenvalue weighted by Crippen LogP contribution is 2.37. The van der Waals surface area contributed by atoms with Crippen LogP contribution in [0.15, 0.2) is 78.5 Å². The molecule has 0 bridgehead atoms. The van der Waals surface area contributed by atoms with Crippen LogP contribution in [-0.2, 0) is 10.0 Å². The molecule has 1 aromatic carbocycles. The first-order valence-corrected chi connectivity index (χ1v) is 24.8. The number of rotatable bonds is 14. The number of aryl methyl sites for hydroxylation is 1. The summed E-state index contributed by atoms with van der Waals surface area (Å²) in [5.41, 5.74) is 0.236. The van der Waals surface area contributed by atoms with Crippen LogP contribution < -0.4 is 10.6 Å². The first-order valence-electron chi connectivity index (χ1n) is 22.6. The van der Waals surface area contributed by atoms with Crippen molar-refractivity contribution in [2.75, 3.05) is 23.8 Å². The maximum absolute atomic E-state index is 14.9. The number of H-pyrrole nitrogens is 1. The molecule has 6 aromatic heterocycles. The zero-order chi connectivity index (χ0) is 50.0. The Morgan fingerprint density at radius 2 is 1.26 bits per heavy atom. The first kappa shape index (κ1) is 55.8. The van der Waals surface area contributed by atoms with E-state index in [1.807, 2.05) is 6.92 Å². The molecule has 388 valence electrons. The van der Waals surface area contributed by atoms with Gasteiger partial charge in [-0.2, -0.15) is 0 Å². The molecular formula is C49H60Cl2F2N10O8S. The minimum atomic E-state index is -4.05. The van der Waals surface area contributed by atoms with E-state index < -0.39 is 58.3 Å². The topological polar surface area (TPSA) is 278 Å². The van der Waals surface area contributed by atoms with Gasteiger partial charge in [0.15, 0.2) is 40.6 Å². The Bertz CT molecular complexity index is 3100. The van der Waals surface area contributed by atoms with Gasteiger partial charge in [0.1, 0.15) is 5.65 Å². The van der Waals surface area contributed by atoms with Crippen LogP contribution in [0.3, 0.4) is 0 Å². The summed E-state index contributed by atoms with van der Waals surface area (Å²) < 4.78 is 57.4. The number of benzene rings is 1. The molecule has 18 nitrogen and oxygen atoms in total. The fourth-order valence-electron chi connectivity index (χ4n) is 9.29. The molecule has 4 unspecified atom stereocenters. The molecule has 23 heteroatoms. The summed E-state index contributed by atoms with van der Waals surface area (Å²) in [7, 11) is -4.05. The van der Waals surface area contributed by atoms with E-state index in [-0.39, 0.29) is 84.8 Å². The maximum Gasteiger partial charge on any atom is 0.269 e. The molecule has 2 aliphatic rings. The molecule has 72 heavy (non-hydrogen) atoms. The van der Waals surface area contributed by atoms with Crippen LogP contribution in [0.1, 0.15) is 84.6 Å². The van der Waals surface area contributed by atoms with Crippen molar-refractivity contribution in [3.8, 4) is 22.8 Å². The summed E-state index contributed by atoms with van der Waals surface area (Å²) in [5.74, 6) is -1.02.